The first-order valence-corrected chi connectivity index (χ1v) is 7.57. The summed E-state index contributed by atoms with van der Waals surface area (Å²) in [7, 11) is -2.25. The lowest BCUT2D eigenvalue weighted by atomic mass is 10.3. The Hall–Kier alpha value is -2.54. The van der Waals surface area contributed by atoms with Crippen molar-refractivity contribution in [3.05, 3.63) is 48.9 Å². The van der Waals surface area contributed by atoms with Gasteiger partial charge < -0.3 is 9.15 Å². The third-order valence-electron chi connectivity index (χ3n) is 2.96. The molecule has 0 amide bonds. The second-order valence-electron chi connectivity index (χ2n) is 4.29. The van der Waals surface area contributed by atoms with Gasteiger partial charge in [0.25, 0.3) is 10.0 Å². The summed E-state index contributed by atoms with van der Waals surface area (Å²) in [4.78, 5) is 4.05. The number of sulfonamides is 1. The van der Waals surface area contributed by atoms with Crippen LogP contribution in [0.3, 0.4) is 0 Å². The van der Waals surface area contributed by atoms with Crippen LogP contribution in [0.2, 0.25) is 0 Å². The molecule has 3 aromatic rings. The molecule has 0 saturated carbocycles. The summed E-state index contributed by atoms with van der Waals surface area (Å²) in [5.41, 5.74) is 1.39. The minimum absolute atomic E-state index is 0.0951. The number of benzene rings is 2. The quantitative estimate of drug-likeness (QED) is 0.801. The molecule has 1 heterocycles. The Bertz CT molecular complexity index is 887. The number of fused-ring (bicyclic) bond motifs is 1. The average molecular weight is 304 g/mol. The van der Waals surface area contributed by atoms with Gasteiger partial charge in [0.2, 0.25) is 0 Å². The van der Waals surface area contributed by atoms with E-state index in [1.807, 2.05) is 0 Å². The molecule has 0 unspecified atom stereocenters. The predicted molar refractivity (Wildman–Crippen MR) is 77.8 cm³/mol. The van der Waals surface area contributed by atoms with Gasteiger partial charge in [-0.05, 0) is 24.3 Å². The number of nitrogens with zero attached hydrogens (tertiary/aromatic N) is 1. The van der Waals surface area contributed by atoms with E-state index in [4.69, 9.17) is 9.15 Å². The molecule has 0 aliphatic heterocycles. The van der Waals surface area contributed by atoms with E-state index >= 15 is 0 Å². The molecule has 6 nitrogen and oxygen atoms in total. The van der Waals surface area contributed by atoms with Crippen LogP contribution in [-0.4, -0.2) is 20.5 Å². The van der Waals surface area contributed by atoms with E-state index in [1.165, 1.54) is 25.6 Å². The summed E-state index contributed by atoms with van der Waals surface area (Å²) in [5, 5.41) is 0. The summed E-state index contributed by atoms with van der Waals surface area (Å²) >= 11 is 0. The molecule has 1 N–H and O–H groups in total. The highest BCUT2D eigenvalue weighted by molar-refractivity contribution is 7.92. The number of ether oxygens (including phenoxy) is 1. The minimum atomic E-state index is -3.73. The number of methoxy groups -OCH3 is 1. The van der Waals surface area contributed by atoms with Crippen LogP contribution in [0.15, 0.2) is 58.2 Å². The fourth-order valence-electron chi connectivity index (χ4n) is 1.94. The number of hydrogen-bond donors (Lipinski definition) is 1. The van der Waals surface area contributed by atoms with Crippen LogP contribution in [0.1, 0.15) is 0 Å². The fraction of sp³-hybridized carbons (Fsp3) is 0.0714. The molecule has 0 atom stereocenters. The molecule has 2 aromatic carbocycles. The molecule has 3 rings (SSSR count). The first-order valence-electron chi connectivity index (χ1n) is 6.09. The second kappa shape index (κ2) is 5.10. The zero-order valence-corrected chi connectivity index (χ0v) is 11.9. The lowest BCUT2D eigenvalue weighted by Gasteiger charge is -2.11. The maximum absolute atomic E-state index is 12.4. The van der Waals surface area contributed by atoms with Gasteiger partial charge in [-0.15, -0.1) is 0 Å². The Morgan fingerprint density at radius 2 is 2.00 bits per heavy atom. The summed E-state index contributed by atoms with van der Waals surface area (Å²) in [6.45, 7) is 0. The summed E-state index contributed by atoms with van der Waals surface area (Å²) in [5.74, 6) is 0.446. The van der Waals surface area contributed by atoms with Gasteiger partial charge in [-0.2, -0.15) is 0 Å². The molecular formula is C14H12N2O4S. The van der Waals surface area contributed by atoms with Crippen LogP contribution in [-0.2, 0) is 10.0 Å². The molecule has 0 radical (unpaired) electrons. The highest BCUT2D eigenvalue weighted by Crippen LogP contribution is 2.27. The van der Waals surface area contributed by atoms with Gasteiger partial charge in [0.1, 0.15) is 11.3 Å². The summed E-state index contributed by atoms with van der Waals surface area (Å²) in [6.07, 6.45) is 1.27. The Labute approximate surface area is 121 Å². The van der Waals surface area contributed by atoms with Crippen LogP contribution < -0.4 is 9.46 Å². The van der Waals surface area contributed by atoms with Gasteiger partial charge in [-0.3, -0.25) is 4.72 Å². The van der Waals surface area contributed by atoms with Crippen LogP contribution in [0.5, 0.6) is 5.75 Å². The van der Waals surface area contributed by atoms with Crippen LogP contribution in [0, 0.1) is 0 Å². The predicted octanol–water partition coefficient (Wildman–Crippen LogP) is 2.64. The van der Waals surface area contributed by atoms with Crippen molar-refractivity contribution in [3.63, 3.8) is 0 Å². The molecule has 0 spiro atoms. The van der Waals surface area contributed by atoms with Crippen molar-refractivity contribution in [1.82, 2.24) is 4.98 Å². The zero-order chi connectivity index (χ0) is 14.9. The van der Waals surface area contributed by atoms with Gasteiger partial charge in [-0.25, -0.2) is 13.4 Å². The number of para-hydroxylation sites is 2. The smallest absolute Gasteiger partial charge is 0.262 e. The number of aromatic nitrogens is 1. The standard InChI is InChI=1S/C14H12N2O4S/c1-19-13-5-3-2-4-12(13)16-21(17,18)10-6-7-11-14(8-10)20-9-15-11/h2-9,16H,1H3. The third-order valence-corrected chi connectivity index (χ3v) is 4.33. The Kier molecular flexibility index (Phi) is 3.26. The monoisotopic (exact) mass is 304 g/mol. The number of anilines is 1. The maximum atomic E-state index is 12.4. The SMILES string of the molecule is COc1ccccc1NS(=O)(=O)c1ccc2ncoc2c1. The maximum Gasteiger partial charge on any atom is 0.262 e. The van der Waals surface area contributed by atoms with Crippen molar-refractivity contribution >= 4 is 26.8 Å². The Morgan fingerprint density at radius 1 is 1.19 bits per heavy atom. The van der Waals surface area contributed by atoms with Crippen LogP contribution >= 0.6 is 0 Å². The van der Waals surface area contributed by atoms with Crippen molar-refractivity contribution < 1.29 is 17.6 Å². The molecule has 0 aliphatic carbocycles. The van der Waals surface area contributed by atoms with E-state index in [-0.39, 0.29) is 4.90 Å². The number of rotatable bonds is 4. The fourth-order valence-corrected chi connectivity index (χ4v) is 3.02. The first-order chi connectivity index (χ1) is 10.1. The van der Waals surface area contributed by atoms with Crippen molar-refractivity contribution in [3.8, 4) is 5.75 Å². The lowest BCUT2D eigenvalue weighted by molar-refractivity contribution is 0.417. The van der Waals surface area contributed by atoms with Crippen LogP contribution in [0.4, 0.5) is 5.69 Å². The molecular weight excluding hydrogens is 292 g/mol. The highest BCUT2D eigenvalue weighted by Gasteiger charge is 2.17. The average Bonchev–Trinajstić information content (AvgIpc) is 2.95. The largest absolute Gasteiger partial charge is 0.495 e. The first kappa shape index (κ1) is 13.4. The molecule has 0 bridgehead atoms. The van der Waals surface area contributed by atoms with Crippen molar-refractivity contribution in [2.24, 2.45) is 0 Å². The van der Waals surface area contributed by atoms with Gasteiger partial charge in [0.05, 0.1) is 17.7 Å². The van der Waals surface area contributed by atoms with Crippen molar-refractivity contribution in [2.75, 3.05) is 11.8 Å². The summed E-state index contributed by atoms with van der Waals surface area (Å²) < 4.78 is 37.6. The lowest BCUT2D eigenvalue weighted by Crippen LogP contribution is -2.13. The molecule has 1 aromatic heterocycles. The number of nitrogens with one attached hydrogen (secondary N) is 1. The van der Waals surface area contributed by atoms with Crippen molar-refractivity contribution in [2.45, 2.75) is 4.90 Å². The van der Waals surface area contributed by atoms with E-state index in [1.54, 1.807) is 30.3 Å². The minimum Gasteiger partial charge on any atom is -0.495 e. The molecule has 0 saturated heterocycles. The molecule has 21 heavy (non-hydrogen) atoms. The Morgan fingerprint density at radius 3 is 2.81 bits per heavy atom. The normalized spacial score (nSPS) is 11.5. The third kappa shape index (κ3) is 2.55. The van der Waals surface area contributed by atoms with E-state index in [0.29, 0.717) is 22.5 Å². The van der Waals surface area contributed by atoms with E-state index in [2.05, 4.69) is 9.71 Å². The van der Waals surface area contributed by atoms with Crippen molar-refractivity contribution in [1.29, 1.82) is 0 Å². The van der Waals surface area contributed by atoms with Gasteiger partial charge in [0.15, 0.2) is 12.0 Å². The van der Waals surface area contributed by atoms with E-state index in [9.17, 15) is 8.42 Å². The Balaban J connectivity index is 1.99. The van der Waals surface area contributed by atoms with Crippen LogP contribution in [0.25, 0.3) is 11.1 Å². The highest BCUT2D eigenvalue weighted by atomic mass is 32.2. The second-order valence-corrected chi connectivity index (χ2v) is 5.97. The number of oxazole rings is 1. The molecule has 0 fully saturated rings. The molecule has 108 valence electrons. The van der Waals surface area contributed by atoms with Gasteiger partial charge in [0, 0.05) is 6.07 Å². The van der Waals surface area contributed by atoms with E-state index < -0.39 is 10.0 Å². The number of hydrogen-bond acceptors (Lipinski definition) is 5. The molecule has 0 aliphatic rings. The summed E-state index contributed by atoms with van der Waals surface area (Å²) in [6, 6.07) is 11.3. The van der Waals surface area contributed by atoms with Gasteiger partial charge >= 0.3 is 0 Å². The van der Waals surface area contributed by atoms with Gasteiger partial charge in [-0.1, -0.05) is 12.1 Å². The molecule has 7 heteroatoms. The zero-order valence-electron chi connectivity index (χ0n) is 11.1. The topological polar surface area (TPSA) is 81.4 Å². The van der Waals surface area contributed by atoms with E-state index in [0.717, 1.165) is 0 Å².